The van der Waals surface area contributed by atoms with Crippen molar-refractivity contribution in [2.24, 2.45) is 11.5 Å². The zero-order valence-corrected chi connectivity index (χ0v) is 18.9. The minimum absolute atomic E-state index is 0.0617. The lowest BCUT2D eigenvalue weighted by molar-refractivity contribution is 0.0997. The zero-order chi connectivity index (χ0) is 23.2. The summed E-state index contributed by atoms with van der Waals surface area (Å²) < 4.78 is 0. The normalized spacial score (nSPS) is 15.7. The van der Waals surface area contributed by atoms with E-state index in [0.29, 0.717) is 64.2 Å². The molecule has 3 aromatic heterocycles. The van der Waals surface area contributed by atoms with Crippen LogP contribution in [0, 0.1) is 0 Å². The molecular weight excluding hydrogens is 463 g/mol. The van der Waals surface area contributed by atoms with Gasteiger partial charge in [-0.3, -0.25) is 14.9 Å². The summed E-state index contributed by atoms with van der Waals surface area (Å²) >= 11 is 12.5. The second-order valence-corrected chi connectivity index (χ2v) is 8.80. The van der Waals surface area contributed by atoms with Gasteiger partial charge in [0.05, 0.1) is 15.4 Å². The van der Waals surface area contributed by atoms with Gasteiger partial charge in [-0.15, -0.1) is 0 Å². The summed E-state index contributed by atoms with van der Waals surface area (Å²) in [6.45, 7) is 1.21. The highest BCUT2D eigenvalue weighted by atomic mass is 35.5. The maximum absolute atomic E-state index is 12.4. The molecule has 1 aromatic carbocycles. The lowest BCUT2D eigenvalue weighted by atomic mass is 9.83. The Morgan fingerprint density at radius 2 is 1.91 bits per heavy atom. The van der Waals surface area contributed by atoms with Crippen molar-refractivity contribution in [2.45, 2.75) is 18.4 Å². The highest BCUT2D eigenvalue weighted by Gasteiger charge is 2.34. The minimum Gasteiger partial charge on any atom is -0.364 e. The standard InChI is InChI=1S/C22H20Cl2N8O/c23-14-5-1-4-13(16(14)24)17-15-18(19(25)33)28-21(29-20(15)31-30-17)32-9-6-22(26,7-10-32)12-3-2-8-27-11-12/h1-5,8,11H,6-7,9-10,26H2,(H2,25,33)(H,28,29,30,31). The highest BCUT2D eigenvalue weighted by molar-refractivity contribution is 6.43. The zero-order valence-electron chi connectivity index (χ0n) is 17.4. The number of H-pyrrole nitrogens is 1. The maximum atomic E-state index is 12.4. The van der Waals surface area contributed by atoms with E-state index in [2.05, 4.69) is 25.1 Å². The van der Waals surface area contributed by atoms with Crippen molar-refractivity contribution in [3.05, 3.63) is 64.0 Å². The van der Waals surface area contributed by atoms with Gasteiger partial charge in [0.1, 0.15) is 11.4 Å². The molecule has 1 fully saturated rings. The Hall–Kier alpha value is -3.27. The van der Waals surface area contributed by atoms with Gasteiger partial charge in [-0.2, -0.15) is 10.1 Å². The second kappa shape index (κ2) is 8.26. The van der Waals surface area contributed by atoms with Gasteiger partial charge in [0, 0.05) is 36.6 Å². The summed E-state index contributed by atoms with van der Waals surface area (Å²) in [7, 11) is 0. The van der Waals surface area contributed by atoms with Gasteiger partial charge in [0.15, 0.2) is 5.65 Å². The van der Waals surface area contributed by atoms with Crippen LogP contribution in [0.3, 0.4) is 0 Å². The molecule has 1 aliphatic heterocycles. The molecule has 5 rings (SSSR count). The molecule has 0 aliphatic carbocycles. The second-order valence-electron chi connectivity index (χ2n) is 8.02. The van der Waals surface area contributed by atoms with E-state index in [-0.39, 0.29) is 5.69 Å². The third-order valence-corrected chi connectivity index (χ3v) is 6.84. The largest absolute Gasteiger partial charge is 0.364 e. The molecule has 1 aliphatic rings. The number of nitrogens with zero attached hydrogens (tertiary/aromatic N) is 5. The molecule has 168 valence electrons. The summed E-state index contributed by atoms with van der Waals surface area (Å²) in [6, 6.07) is 9.05. The Morgan fingerprint density at radius 3 is 2.61 bits per heavy atom. The van der Waals surface area contributed by atoms with Crippen LogP contribution in [0.4, 0.5) is 5.95 Å². The number of primary amides is 1. The number of pyridine rings is 1. The number of carbonyl (C=O) groups is 1. The van der Waals surface area contributed by atoms with Crippen molar-refractivity contribution < 1.29 is 4.79 Å². The van der Waals surface area contributed by atoms with E-state index in [1.54, 1.807) is 30.6 Å². The molecule has 33 heavy (non-hydrogen) atoms. The van der Waals surface area contributed by atoms with Crippen LogP contribution in [0.15, 0.2) is 42.7 Å². The maximum Gasteiger partial charge on any atom is 0.268 e. The first-order chi connectivity index (χ1) is 15.9. The van der Waals surface area contributed by atoms with E-state index in [1.807, 2.05) is 17.0 Å². The molecule has 4 aromatic rings. The van der Waals surface area contributed by atoms with Crippen LogP contribution in [0.25, 0.3) is 22.3 Å². The van der Waals surface area contributed by atoms with Crippen molar-refractivity contribution in [3.8, 4) is 11.3 Å². The van der Waals surface area contributed by atoms with E-state index in [0.717, 1.165) is 5.56 Å². The fourth-order valence-electron chi connectivity index (χ4n) is 4.17. The number of amides is 1. The fourth-order valence-corrected chi connectivity index (χ4v) is 4.56. The lowest BCUT2D eigenvalue weighted by Crippen LogP contribution is -2.48. The molecule has 0 saturated carbocycles. The van der Waals surface area contributed by atoms with Crippen LogP contribution in [-0.4, -0.2) is 44.1 Å². The van der Waals surface area contributed by atoms with Gasteiger partial charge in [-0.1, -0.05) is 41.4 Å². The van der Waals surface area contributed by atoms with Gasteiger partial charge in [0.25, 0.3) is 5.91 Å². The van der Waals surface area contributed by atoms with E-state index in [9.17, 15) is 4.79 Å². The minimum atomic E-state index is -0.690. The third kappa shape index (κ3) is 3.78. The SMILES string of the molecule is NC(=O)c1nc(N2CCC(N)(c3cccnc3)CC2)nc2[nH]nc(-c3cccc(Cl)c3Cl)c12. The molecule has 0 atom stereocenters. The molecule has 11 heteroatoms. The molecule has 5 N–H and O–H groups in total. The van der Waals surface area contributed by atoms with Crippen molar-refractivity contribution in [3.63, 3.8) is 0 Å². The molecule has 4 heterocycles. The predicted molar refractivity (Wildman–Crippen MR) is 127 cm³/mol. The van der Waals surface area contributed by atoms with Crippen LogP contribution in [0.1, 0.15) is 28.9 Å². The number of aromatic nitrogens is 5. The summed E-state index contributed by atoms with van der Waals surface area (Å²) in [4.78, 5) is 27.7. The van der Waals surface area contributed by atoms with Crippen LogP contribution in [-0.2, 0) is 5.54 Å². The number of halogens is 2. The average molecular weight is 483 g/mol. The predicted octanol–water partition coefficient (Wildman–Crippen LogP) is 3.28. The smallest absolute Gasteiger partial charge is 0.268 e. The van der Waals surface area contributed by atoms with E-state index in [4.69, 9.17) is 34.7 Å². The van der Waals surface area contributed by atoms with E-state index < -0.39 is 11.4 Å². The number of fused-ring (bicyclic) bond motifs is 1. The first-order valence-corrected chi connectivity index (χ1v) is 11.1. The number of aromatic amines is 1. The topological polar surface area (TPSA) is 140 Å². The fraction of sp³-hybridized carbons (Fsp3) is 0.227. The van der Waals surface area contributed by atoms with E-state index in [1.165, 1.54) is 0 Å². The lowest BCUT2D eigenvalue weighted by Gasteiger charge is -2.39. The molecule has 1 saturated heterocycles. The molecule has 9 nitrogen and oxygen atoms in total. The molecular formula is C22H20Cl2N8O. The Balaban J connectivity index is 1.51. The monoisotopic (exact) mass is 482 g/mol. The van der Waals surface area contributed by atoms with Gasteiger partial charge in [-0.25, -0.2) is 4.98 Å². The van der Waals surface area contributed by atoms with E-state index >= 15 is 0 Å². The molecule has 0 radical (unpaired) electrons. The first-order valence-electron chi connectivity index (χ1n) is 10.3. The number of nitrogens with one attached hydrogen (secondary N) is 1. The molecule has 0 unspecified atom stereocenters. The summed E-state index contributed by atoms with van der Waals surface area (Å²) in [5.41, 5.74) is 14.3. The first kappa shape index (κ1) is 21.6. The number of nitrogens with two attached hydrogens (primary N) is 2. The summed E-state index contributed by atoms with van der Waals surface area (Å²) in [5, 5.41) is 8.30. The van der Waals surface area contributed by atoms with Crippen LogP contribution in [0.5, 0.6) is 0 Å². The number of carbonyl (C=O) groups excluding carboxylic acids is 1. The number of hydrogen-bond acceptors (Lipinski definition) is 7. The Bertz CT molecular complexity index is 1350. The number of benzene rings is 1. The number of hydrogen-bond donors (Lipinski definition) is 3. The summed E-state index contributed by atoms with van der Waals surface area (Å²) in [5.74, 6) is -0.304. The third-order valence-electron chi connectivity index (χ3n) is 6.02. The Morgan fingerprint density at radius 1 is 1.12 bits per heavy atom. The Labute approximate surface area is 199 Å². The highest BCUT2D eigenvalue weighted by Crippen LogP contribution is 2.37. The van der Waals surface area contributed by atoms with Crippen molar-refractivity contribution in [2.75, 3.05) is 18.0 Å². The quantitative estimate of drug-likeness (QED) is 0.405. The van der Waals surface area contributed by atoms with Gasteiger partial charge < -0.3 is 16.4 Å². The van der Waals surface area contributed by atoms with Gasteiger partial charge in [0.2, 0.25) is 5.95 Å². The number of anilines is 1. The number of rotatable bonds is 4. The average Bonchev–Trinajstić information content (AvgIpc) is 3.25. The molecule has 1 amide bonds. The molecule has 0 spiro atoms. The van der Waals surface area contributed by atoms with Gasteiger partial charge >= 0.3 is 0 Å². The van der Waals surface area contributed by atoms with Crippen LogP contribution < -0.4 is 16.4 Å². The van der Waals surface area contributed by atoms with Crippen molar-refractivity contribution >= 4 is 46.1 Å². The number of piperidine rings is 1. The Kier molecular flexibility index (Phi) is 5.40. The van der Waals surface area contributed by atoms with Crippen molar-refractivity contribution in [1.82, 2.24) is 25.1 Å². The van der Waals surface area contributed by atoms with Crippen LogP contribution in [0.2, 0.25) is 10.0 Å². The van der Waals surface area contributed by atoms with Gasteiger partial charge in [-0.05, 0) is 30.5 Å². The summed E-state index contributed by atoms with van der Waals surface area (Å²) in [6.07, 6.45) is 4.89. The van der Waals surface area contributed by atoms with Crippen LogP contribution >= 0.6 is 23.2 Å². The van der Waals surface area contributed by atoms with Crippen molar-refractivity contribution in [1.29, 1.82) is 0 Å². The molecule has 0 bridgehead atoms.